The van der Waals surface area contributed by atoms with Gasteiger partial charge in [0.15, 0.2) is 5.75 Å². The van der Waals surface area contributed by atoms with Gasteiger partial charge in [-0.3, -0.25) is 0 Å². The average molecular weight is 272 g/mol. The van der Waals surface area contributed by atoms with E-state index in [0.29, 0.717) is 0 Å². The molecular weight excluding hydrogens is 265 g/mol. The number of hydrogen-bond donors (Lipinski definition) is 1. The molecule has 0 radical (unpaired) electrons. The second-order valence-corrected chi connectivity index (χ2v) is 3.49. The van der Waals surface area contributed by atoms with Crippen LogP contribution >= 0.6 is 0 Å². The van der Waals surface area contributed by atoms with Crippen molar-refractivity contribution < 1.29 is 27.8 Å². The Kier molecular flexibility index (Phi) is 3.16. The first kappa shape index (κ1) is 12.9. The Labute approximate surface area is 104 Å². The van der Waals surface area contributed by atoms with Crippen molar-refractivity contribution in [3.05, 3.63) is 42.2 Å². The topological polar surface area (TPSA) is 64.3 Å². The van der Waals surface area contributed by atoms with Crippen LogP contribution in [0.4, 0.5) is 13.2 Å². The summed E-state index contributed by atoms with van der Waals surface area (Å²) in [6.07, 6.45) is -2.70. The standard InChI is InChI=1S/C11H7F3N2O3/c12-11(13,14)19-9-4-2-1-3-8(9)16-6-7(5-15-16)10(17)18/h1-6H,(H,17,18). The van der Waals surface area contributed by atoms with E-state index in [2.05, 4.69) is 9.84 Å². The largest absolute Gasteiger partial charge is 0.573 e. The molecule has 19 heavy (non-hydrogen) atoms. The zero-order valence-electron chi connectivity index (χ0n) is 9.26. The highest BCUT2D eigenvalue weighted by atomic mass is 19.4. The molecule has 0 aliphatic heterocycles. The predicted octanol–water partition coefficient (Wildman–Crippen LogP) is 2.47. The maximum atomic E-state index is 12.2. The second kappa shape index (κ2) is 4.63. The number of carbonyl (C=O) groups is 1. The number of nitrogens with zero attached hydrogens (tertiary/aromatic N) is 2. The highest BCUT2D eigenvalue weighted by molar-refractivity contribution is 5.87. The van der Waals surface area contributed by atoms with E-state index in [4.69, 9.17) is 5.11 Å². The first-order valence-corrected chi connectivity index (χ1v) is 5.00. The third kappa shape index (κ3) is 3.03. The number of aromatic nitrogens is 2. The lowest BCUT2D eigenvalue weighted by Gasteiger charge is -2.12. The Balaban J connectivity index is 2.41. The fourth-order valence-electron chi connectivity index (χ4n) is 1.42. The number of benzene rings is 1. The molecular formula is C11H7F3N2O3. The fourth-order valence-corrected chi connectivity index (χ4v) is 1.42. The molecule has 0 aliphatic carbocycles. The summed E-state index contributed by atoms with van der Waals surface area (Å²) >= 11 is 0. The summed E-state index contributed by atoms with van der Waals surface area (Å²) in [7, 11) is 0. The molecule has 100 valence electrons. The maximum Gasteiger partial charge on any atom is 0.573 e. The van der Waals surface area contributed by atoms with Gasteiger partial charge in [-0.2, -0.15) is 5.10 Å². The molecule has 0 saturated carbocycles. The number of alkyl halides is 3. The lowest BCUT2D eigenvalue weighted by atomic mass is 10.3. The van der Waals surface area contributed by atoms with Crippen molar-refractivity contribution in [2.75, 3.05) is 0 Å². The third-order valence-electron chi connectivity index (χ3n) is 2.17. The number of hydrogen-bond acceptors (Lipinski definition) is 3. The Hall–Kier alpha value is -2.51. The van der Waals surface area contributed by atoms with E-state index in [0.717, 1.165) is 23.1 Å². The molecule has 2 rings (SSSR count). The Morgan fingerprint density at radius 1 is 1.32 bits per heavy atom. The molecule has 5 nitrogen and oxygen atoms in total. The number of ether oxygens (including phenoxy) is 1. The van der Waals surface area contributed by atoms with Crippen LogP contribution in [0.25, 0.3) is 5.69 Å². The van der Waals surface area contributed by atoms with Crippen LogP contribution in [0.15, 0.2) is 36.7 Å². The normalized spacial score (nSPS) is 11.3. The number of carboxylic acids is 1. The van der Waals surface area contributed by atoms with Crippen LogP contribution in [-0.4, -0.2) is 27.2 Å². The van der Waals surface area contributed by atoms with Gasteiger partial charge in [0.05, 0.1) is 11.8 Å². The van der Waals surface area contributed by atoms with Crippen molar-refractivity contribution in [3.63, 3.8) is 0 Å². The molecule has 0 spiro atoms. The monoisotopic (exact) mass is 272 g/mol. The van der Waals surface area contributed by atoms with Gasteiger partial charge in [-0.25, -0.2) is 9.48 Å². The van der Waals surface area contributed by atoms with Crippen LogP contribution in [0.2, 0.25) is 0 Å². The second-order valence-electron chi connectivity index (χ2n) is 3.49. The van der Waals surface area contributed by atoms with Gasteiger partial charge in [0, 0.05) is 6.20 Å². The number of rotatable bonds is 3. The van der Waals surface area contributed by atoms with Gasteiger partial charge in [0.2, 0.25) is 0 Å². The SMILES string of the molecule is O=C(O)c1cnn(-c2ccccc2OC(F)(F)F)c1. The van der Waals surface area contributed by atoms with Crippen molar-refractivity contribution in [1.29, 1.82) is 0 Å². The van der Waals surface area contributed by atoms with Gasteiger partial charge in [-0.05, 0) is 12.1 Å². The Bertz CT molecular complexity index is 607. The summed E-state index contributed by atoms with van der Waals surface area (Å²) in [5, 5.41) is 12.4. The third-order valence-corrected chi connectivity index (χ3v) is 2.17. The lowest BCUT2D eigenvalue weighted by Crippen LogP contribution is -2.18. The number of aromatic carboxylic acids is 1. The van der Waals surface area contributed by atoms with Crippen LogP contribution in [0, 0.1) is 0 Å². The summed E-state index contributed by atoms with van der Waals surface area (Å²) in [5.41, 5.74) is -0.144. The highest BCUT2D eigenvalue weighted by Gasteiger charge is 2.32. The van der Waals surface area contributed by atoms with Gasteiger partial charge in [-0.1, -0.05) is 12.1 Å². The van der Waals surface area contributed by atoms with Crippen molar-refractivity contribution in [3.8, 4) is 11.4 Å². The minimum atomic E-state index is -4.83. The maximum absolute atomic E-state index is 12.2. The molecule has 1 aromatic heterocycles. The van der Waals surface area contributed by atoms with Gasteiger partial charge in [0.25, 0.3) is 0 Å². The average Bonchev–Trinajstić information content (AvgIpc) is 2.76. The van der Waals surface area contributed by atoms with Crippen LogP contribution < -0.4 is 4.74 Å². The Morgan fingerprint density at radius 3 is 2.58 bits per heavy atom. The molecule has 0 saturated heterocycles. The van der Waals surface area contributed by atoms with Crippen LogP contribution in [0.3, 0.4) is 0 Å². The molecule has 0 fully saturated rings. The van der Waals surface area contributed by atoms with Crippen molar-refractivity contribution in [1.82, 2.24) is 9.78 Å². The molecule has 8 heteroatoms. The molecule has 2 aromatic rings. The summed E-state index contributed by atoms with van der Waals surface area (Å²) < 4.78 is 41.5. The van der Waals surface area contributed by atoms with E-state index in [9.17, 15) is 18.0 Å². The summed E-state index contributed by atoms with van der Waals surface area (Å²) in [5.74, 6) is -1.68. The predicted molar refractivity (Wildman–Crippen MR) is 57.2 cm³/mol. The summed E-state index contributed by atoms with van der Waals surface area (Å²) in [4.78, 5) is 10.7. The van der Waals surface area contributed by atoms with E-state index < -0.39 is 18.1 Å². The van der Waals surface area contributed by atoms with Crippen LogP contribution in [0.1, 0.15) is 10.4 Å². The van der Waals surface area contributed by atoms with Gasteiger partial charge >= 0.3 is 12.3 Å². The van der Waals surface area contributed by atoms with E-state index >= 15 is 0 Å². The summed E-state index contributed by atoms with van der Waals surface area (Å²) in [6.45, 7) is 0. The minimum Gasteiger partial charge on any atom is -0.478 e. The number of para-hydroxylation sites is 2. The zero-order chi connectivity index (χ0) is 14.0. The lowest BCUT2D eigenvalue weighted by molar-refractivity contribution is -0.274. The fraction of sp³-hybridized carbons (Fsp3) is 0.0909. The number of carboxylic acid groups (broad SMARTS) is 1. The van der Waals surface area contributed by atoms with Crippen molar-refractivity contribution in [2.45, 2.75) is 6.36 Å². The van der Waals surface area contributed by atoms with Gasteiger partial charge in [0.1, 0.15) is 5.69 Å². The first-order chi connectivity index (χ1) is 8.87. The van der Waals surface area contributed by atoms with Gasteiger partial charge in [-0.15, -0.1) is 13.2 Å². The minimum absolute atomic E-state index is 0.00711. The molecule has 1 heterocycles. The molecule has 0 amide bonds. The molecule has 0 unspecified atom stereocenters. The Morgan fingerprint density at radius 2 is 2.00 bits per heavy atom. The van der Waals surface area contributed by atoms with Crippen LogP contribution in [0.5, 0.6) is 5.75 Å². The number of halogens is 3. The van der Waals surface area contributed by atoms with Gasteiger partial charge < -0.3 is 9.84 Å². The highest BCUT2D eigenvalue weighted by Crippen LogP contribution is 2.28. The molecule has 1 N–H and O–H groups in total. The van der Waals surface area contributed by atoms with E-state index in [1.807, 2.05) is 0 Å². The van der Waals surface area contributed by atoms with E-state index in [1.54, 1.807) is 0 Å². The van der Waals surface area contributed by atoms with Crippen molar-refractivity contribution in [2.24, 2.45) is 0 Å². The van der Waals surface area contributed by atoms with Crippen LogP contribution in [-0.2, 0) is 0 Å². The summed E-state index contributed by atoms with van der Waals surface area (Å²) in [6, 6.07) is 5.30. The van der Waals surface area contributed by atoms with E-state index in [-0.39, 0.29) is 11.3 Å². The molecule has 0 atom stereocenters. The molecule has 0 aliphatic rings. The zero-order valence-corrected chi connectivity index (χ0v) is 9.26. The van der Waals surface area contributed by atoms with E-state index in [1.165, 1.54) is 18.2 Å². The first-order valence-electron chi connectivity index (χ1n) is 5.00. The molecule has 0 bridgehead atoms. The smallest absolute Gasteiger partial charge is 0.478 e. The quantitative estimate of drug-likeness (QED) is 0.932. The molecule has 1 aromatic carbocycles. The van der Waals surface area contributed by atoms with Crippen molar-refractivity contribution >= 4 is 5.97 Å².